The van der Waals surface area contributed by atoms with Crippen molar-refractivity contribution >= 4 is 11.8 Å². The fourth-order valence-corrected chi connectivity index (χ4v) is 3.84. The molecule has 0 spiro atoms. The molecule has 0 radical (unpaired) electrons. The lowest BCUT2D eigenvalue weighted by atomic mass is 10.2. The highest BCUT2D eigenvalue weighted by Gasteiger charge is 2.13. The van der Waals surface area contributed by atoms with Crippen LogP contribution in [-0.4, -0.2) is 37.1 Å². The van der Waals surface area contributed by atoms with Crippen LogP contribution in [0.3, 0.4) is 0 Å². The summed E-state index contributed by atoms with van der Waals surface area (Å²) in [6, 6.07) is 18.1. The second-order valence-electron chi connectivity index (χ2n) is 6.34. The molecule has 0 saturated carbocycles. The van der Waals surface area contributed by atoms with Gasteiger partial charge in [-0.15, -0.1) is 5.10 Å². The van der Waals surface area contributed by atoms with E-state index in [2.05, 4.69) is 57.9 Å². The molecule has 7 nitrogen and oxygen atoms in total. The minimum atomic E-state index is 0.715. The van der Waals surface area contributed by atoms with Crippen LogP contribution in [0, 0.1) is 13.8 Å². The van der Waals surface area contributed by atoms with E-state index in [1.54, 1.807) is 23.6 Å². The quantitative estimate of drug-likeness (QED) is 0.465. The average molecular weight is 392 g/mol. The number of tetrazole rings is 1. The van der Waals surface area contributed by atoms with E-state index < -0.39 is 0 Å². The number of thioether (sulfide) groups is 1. The molecule has 0 bridgehead atoms. The minimum absolute atomic E-state index is 0.715. The smallest absolute Gasteiger partial charge is 0.214 e. The number of ether oxygens (including phenoxy) is 1. The first-order valence-electron chi connectivity index (χ1n) is 8.83. The maximum atomic E-state index is 5.42. The van der Waals surface area contributed by atoms with Crippen LogP contribution >= 0.6 is 11.8 Å². The summed E-state index contributed by atoms with van der Waals surface area (Å²) in [5, 5.41) is 17.3. The van der Waals surface area contributed by atoms with Crippen molar-refractivity contribution in [3.63, 3.8) is 0 Å². The van der Waals surface area contributed by atoms with Crippen molar-refractivity contribution in [2.24, 2.45) is 0 Å². The van der Waals surface area contributed by atoms with Crippen LogP contribution in [0.15, 0.2) is 59.8 Å². The predicted molar refractivity (Wildman–Crippen MR) is 108 cm³/mol. The van der Waals surface area contributed by atoms with Gasteiger partial charge in [0.05, 0.1) is 18.5 Å². The van der Waals surface area contributed by atoms with Crippen molar-refractivity contribution in [2.45, 2.75) is 24.8 Å². The highest BCUT2D eigenvalue weighted by Crippen LogP contribution is 2.27. The lowest BCUT2D eigenvalue weighted by Gasteiger charge is -2.09. The summed E-state index contributed by atoms with van der Waals surface area (Å²) in [5.74, 6) is 1.48. The van der Waals surface area contributed by atoms with E-state index in [0.29, 0.717) is 5.16 Å². The van der Waals surface area contributed by atoms with Gasteiger partial charge >= 0.3 is 0 Å². The Morgan fingerprint density at radius 1 is 1.00 bits per heavy atom. The van der Waals surface area contributed by atoms with Gasteiger partial charge in [0.25, 0.3) is 0 Å². The van der Waals surface area contributed by atoms with Crippen LogP contribution in [0.25, 0.3) is 11.4 Å². The van der Waals surface area contributed by atoms with Gasteiger partial charge < -0.3 is 4.74 Å². The van der Waals surface area contributed by atoms with Crippen molar-refractivity contribution in [3.05, 3.63) is 71.5 Å². The summed E-state index contributed by atoms with van der Waals surface area (Å²) in [5.41, 5.74) is 5.19. The Bertz CT molecular complexity index is 1090. The Morgan fingerprint density at radius 3 is 2.50 bits per heavy atom. The third kappa shape index (κ3) is 3.63. The lowest BCUT2D eigenvalue weighted by molar-refractivity contribution is 0.410. The topological polar surface area (TPSA) is 70.7 Å². The van der Waals surface area contributed by atoms with E-state index in [4.69, 9.17) is 4.74 Å². The summed E-state index contributed by atoms with van der Waals surface area (Å²) in [6.07, 6.45) is 0. The Hall–Kier alpha value is -3.13. The number of hydrogen-bond acceptors (Lipinski definition) is 6. The number of para-hydroxylation sites is 2. The van der Waals surface area contributed by atoms with E-state index in [0.717, 1.165) is 34.3 Å². The maximum absolute atomic E-state index is 5.42. The van der Waals surface area contributed by atoms with Crippen molar-refractivity contribution < 1.29 is 4.74 Å². The van der Waals surface area contributed by atoms with Gasteiger partial charge in [-0.1, -0.05) is 36.0 Å². The van der Waals surface area contributed by atoms with Crippen molar-refractivity contribution in [2.75, 3.05) is 7.11 Å². The van der Waals surface area contributed by atoms with Crippen LogP contribution in [-0.2, 0) is 5.75 Å². The third-order valence-corrected chi connectivity index (χ3v) is 5.30. The molecule has 0 aliphatic heterocycles. The summed E-state index contributed by atoms with van der Waals surface area (Å²) in [7, 11) is 1.64. The van der Waals surface area contributed by atoms with Gasteiger partial charge in [0, 0.05) is 11.4 Å². The number of aryl methyl sites for hydroxylation is 2. The molecule has 2 aromatic carbocycles. The van der Waals surface area contributed by atoms with E-state index in [1.165, 1.54) is 5.56 Å². The molecular formula is C20H20N6OS. The molecular weight excluding hydrogens is 372 g/mol. The zero-order valence-corrected chi connectivity index (χ0v) is 16.7. The van der Waals surface area contributed by atoms with Gasteiger partial charge in [-0.2, -0.15) is 9.78 Å². The maximum Gasteiger partial charge on any atom is 0.214 e. The van der Waals surface area contributed by atoms with Gasteiger partial charge in [-0.3, -0.25) is 0 Å². The van der Waals surface area contributed by atoms with Crippen molar-refractivity contribution in [1.82, 2.24) is 30.0 Å². The van der Waals surface area contributed by atoms with Gasteiger partial charge in [0.2, 0.25) is 5.16 Å². The first kappa shape index (κ1) is 18.2. The Balaban J connectivity index is 1.50. The molecule has 4 aromatic rings. The Morgan fingerprint density at radius 2 is 1.79 bits per heavy atom. The van der Waals surface area contributed by atoms with E-state index in [-0.39, 0.29) is 0 Å². The lowest BCUT2D eigenvalue weighted by Crippen LogP contribution is -2.02. The number of methoxy groups -OCH3 is 1. The number of aromatic nitrogens is 6. The summed E-state index contributed by atoms with van der Waals surface area (Å²) >= 11 is 1.58. The largest absolute Gasteiger partial charge is 0.494 e. The molecule has 2 aromatic heterocycles. The van der Waals surface area contributed by atoms with Crippen LogP contribution in [0.5, 0.6) is 5.75 Å². The predicted octanol–water partition coefficient (Wildman–Crippen LogP) is 3.77. The second kappa shape index (κ2) is 7.85. The zero-order valence-electron chi connectivity index (χ0n) is 15.9. The summed E-state index contributed by atoms with van der Waals surface area (Å²) in [6.45, 7) is 4.06. The molecule has 0 atom stereocenters. The molecule has 0 fully saturated rings. The van der Waals surface area contributed by atoms with Gasteiger partial charge in [0.15, 0.2) is 0 Å². The standard InChI is InChI=1S/C20H20N6OS/c1-14-12-15(2)25(22-14)17-10-8-16(9-11-17)13-28-20-21-23-24-26(20)18-6-4-5-7-19(18)27-3/h4-12H,13H2,1-3H3. The van der Waals surface area contributed by atoms with Gasteiger partial charge in [0.1, 0.15) is 11.4 Å². The molecule has 8 heteroatoms. The summed E-state index contributed by atoms with van der Waals surface area (Å²) in [4.78, 5) is 0. The van der Waals surface area contributed by atoms with Gasteiger partial charge in [-0.25, -0.2) is 4.68 Å². The van der Waals surface area contributed by atoms with Gasteiger partial charge in [-0.05, 0) is 60.2 Å². The highest BCUT2D eigenvalue weighted by molar-refractivity contribution is 7.98. The fraction of sp³-hybridized carbons (Fsp3) is 0.200. The highest BCUT2D eigenvalue weighted by atomic mass is 32.2. The molecule has 0 amide bonds. The van der Waals surface area contributed by atoms with Crippen molar-refractivity contribution in [3.8, 4) is 17.1 Å². The average Bonchev–Trinajstić information content (AvgIpc) is 3.32. The SMILES string of the molecule is COc1ccccc1-n1nnnc1SCc1ccc(-n2nc(C)cc2C)cc1. The monoisotopic (exact) mass is 392 g/mol. The van der Waals surface area contributed by atoms with E-state index in [9.17, 15) is 0 Å². The minimum Gasteiger partial charge on any atom is -0.494 e. The number of nitrogens with zero attached hydrogens (tertiary/aromatic N) is 6. The molecule has 4 rings (SSSR count). The first-order valence-corrected chi connectivity index (χ1v) is 9.81. The molecule has 0 aliphatic rings. The summed E-state index contributed by atoms with van der Waals surface area (Å²) < 4.78 is 9.07. The zero-order chi connectivity index (χ0) is 19.5. The van der Waals surface area contributed by atoms with Crippen LogP contribution in [0.2, 0.25) is 0 Å². The fourth-order valence-electron chi connectivity index (χ4n) is 3.00. The van der Waals surface area contributed by atoms with Crippen molar-refractivity contribution in [1.29, 1.82) is 0 Å². The number of benzene rings is 2. The first-order chi connectivity index (χ1) is 13.7. The number of rotatable bonds is 6. The molecule has 142 valence electrons. The second-order valence-corrected chi connectivity index (χ2v) is 7.28. The van der Waals surface area contributed by atoms with Crippen LogP contribution < -0.4 is 4.74 Å². The normalized spacial score (nSPS) is 11.0. The molecule has 0 unspecified atom stereocenters. The third-order valence-electron chi connectivity index (χ3n) is 4.31. The Kier molecular flexibility index (Phi) is 5.12. The van der Waals surface area contributed by atoms with Crippen LogP contribution in [0.4, 0.5) is 0 Å². The molecule has 28 heavy (non-hydrogen) atoms. The molecule has 2 heterocycles. The van der Waals surface area contributed by atoms with E-state index in [1.807, 2.05) is 35.9 Å². The molecule has 0 aliphatic carbocycles. The van der Waals surface area contributed by atoms with Crippen LogP contribution in [0.1, 0.15) is 17.0 Å². The molecule has 0 saturated heterocycles. The molecule has 0 N–H and O–H groups in total. The number of hydrogen-bond donors (Lipinski definition) is 0. The van der Waals surface area contributed by atoms with E-state index >= 15 is 0 Å². The Labute approximate surface area is 167 Å².